The van der Waals surface area contributed by atoms with Gasteiger partial charge in [0.2, 0.25) is 11.8 Å². The first-order valence-electron chi connectivity index (χ1n) is 9.24. The average molecular weight is 438 g/mol. The Morgan fingerprint density at radius 1 is 0.964 bits per heavy atom. The molecule has 1 unspecified atom stereocenters. The Labute approximate surface area is 174 Å². The van der Waals surface area contributed by atoms with Gasteiger partial charge in [-0.1, -0.05) is 35.9 Å². The molecule has 5 heteroatoms. The van der Waals surface area contributed by atoms with E-state index in [9.17, 15) is 4.79 Å². The molecule has 0 radical (unpaired) electrons. The molecule has 2 aliphatic rings. The number of para-hydroxylation sites is 1. The van der Waals surface area contributed by atoms with E-state index in [4.69, 9.17) is 9.47 Å². The number of hydrogen-bond donors (Lipinski definition) is 0. The van der Waals surface area contributed by atoms with Gasteiger partial charge in [-0.05, 0) is 24.1 Å². The molecule has 0 saturated heterocycles. The molecule has 2 aromatic carbocycles. The molecule has 0 fully saturated rings. The molecule has 1 aliphatic carbocycles. The van der Waals surface area contributed by atoms with Gasteiger partial charge in [-0.25, -0.2) is 0 Å². The zero-order valence-corrected chi connectivity index (χ0v) is 17.1. The first-order valence-corrected chi connectivity index (χ1v) is 9.24. The van der Waals surface area contributed by atoms with Crippen LogP contribution in [-0.4, -0.2) is 19.0 Å². The summed E-state index contributed by atoms with van der Waals surface area (Å²) in [6.45, 7) is 3.20. The number of ketones is 1. The molecule has 1 atom stereocenters. The van der Waals surface area contributed by atoms with Crippen molar-refractivity contribution in [2.45, 2.75) is 19.4 Å². The van der Waals surface area contributed by atoms with Crippen molar-refractivity contribution in [1.29, 1.82) is 0 Å². The van der Waals surface area contributed by atoms with Crippen LogP contribution in [0.15, 0.2) is 60.9 Å². The second-order valence-corrected chi connectivity index (χ2v) is 7.11. The molecule has 3 aromatic rings. The molecular formula is C23H20BrNO3. The zero-order valence-electron chi connectivity index (χ0n) is 15.5. The molecule has 2 heterocycles. The van der Waals surface area contributed by atoms with E-state index >= 15 is 0 Å². The van der Waals surface area contributed by atoms with Crippen LogP contribution in [0.1, 0.15) is 27.5 Å². The van der Waals surface area contributed by atoms with Gasteiger partial charge in [-0.3, -0.25) is 4.79 Å². The smallest absolute Gasteiger partial charge is 0.231 e. The number of Topliss-reactive ketones (excluding diaryl/α,β-unsaturated/α-hetero) is 1. The highest BCUT2D eigenvalue weighted by Gasteiger charge is 2.37. The van der Waals surface area contributed by atoms with Crippen molar-refractivity contribution in [3.8, 4) is 22.6 Å². The van der Waals surface area contributed by atoms with E-state index in [0.717, 1.165) is 40.2 Å². The zero-order chi connectivity index (χ0) is 18.4. The molecule has 0 N–H and O–H groups in total. The second kappa shape index (κ2) is 7.40. The highest BCUT2D eigenvalue weighted by molar-refractivity contribution is 6.02. The lowest BCUT2D eigenvalue weighted by Crippen LogP contribution is -3.00. The number of aromatic nitrogens is 1. The van der Waals surface area contributed by atoms with E-state index < -0.39 is 0 Å². The van der Waals surface area contributed by atoms with Crippen molar-refractivity contribution < 1.29 is 35.8 Å². The Hall–Kier alpha value is -2.66. The van der Waals surface area contributed by atoms with Gasteiger partial charge in [-0.15, -0.1) is 0 Å². The maximum Gasteiger partial charge on any atom is 0.231 e. The first-order chi connectivity index (χ1) is 13.2. The Morgan fingerprint density at radius 3 is 2.57 bits per heavy atom. The summed E-state index contributed by atoms with van der Waals surface area (Å²) >= 11 is 0. The van der Waals surface area contributed by atoms with Gasteiger partial charge in [0.15, 0.2) is 23.9 Å². The largest absolute Gasteiger partial charge is 1.00 e. The number of ether oxygens (including phenoxy) is 2. The van der Waals surface area contributed by atoms with Crippen LogP contribution < -0.4 is 31.0 Å². The van der Waals surface area contributed by atoms with Crippen LogP contribution in [0, 0.1) is 6.92 Å². The third kappa shape index (κ3) is 3.10. The van der Waals surface area contributed by atoms with Crippen molar-refractivity contribution in [2.75, 3.05) is 13.2 Å². The number of carbonyl (C=O) groups is 1. The van der Waals surface area contributed by atoms with Crippen LogP contribution in [-0.2, 0) is 6.42 Å². The van der Waals surface area contributed by atoms with Gasteiger partial charge in [0.05, 0.1) is 0 Å². The highest BCUT2D eigenvalue weighted by Crippen LogP contribution is 2.39. The van der Waals surface area contributed by atoms with E-state index in [-0.39, 0.29) is 28.8 Å². The molecule has 5 rings (SSSR count). The molecule has 142 valence electrons. The van der Waals surface area contributed by atoms with Crippen molar-refractivity contribution >= 4 is 5.78 Å². The lowest BCUT2D eigenvalue weighted by atomic mass is 10.0. The van der Waals surface area contributed by atoms with Gasteiger partial charge >= 0.3 is 0 Å². The van der Waals surface area contributed by atoms with Crippen LogP contribution in [0.2, 0.25) is 0 Å². The van der Waals surface area contributed by atoms with Crippen molar-refractivity contribution in [2.24, 2.45) is 0 Å². The predicted molar refractivity (Wildman–Crippen MR) is 101 cm³/mol. The summed E-state index contributed by atoms with van der Waals surface area (Å²) < 4.78 is 13.5. The molecule has 4 nitrogen and oxygen atoms in total. The summed E-state index contributed by atoms with van der Waals surface area (Å²) in [6, 6.07) is 15.9. The summed E-state index contributed by atoms with van der Waals surface area (Å²) in [5.74, 6) is 1.77. The summed E-state index contributed by atoms with van der Waals surface area (Å²) in [5, 5.41) is 0. The molecule has 0 bridgehead atoms. The predicted octanol–water partition coefficient (Wildman–Crippen LogP) is 0.705. The average Bonchev–Trinajstić information content (AvgIpc) is 3.03. The monoisotopic (exact) mass is 437 g/mol. The van der Waals surface area contributed by atoms with Crippen LogP contribution in [0.5, 0.6) is 11.5 Å². The topological polar surface area (TPSA) is 39.4 Å². The standard InChI is InChI=1S/C23H20NO3.BrH/c1-15-5-6-18-17(13-15)14-20(22(18)25)24-9-7-16(8-10-24)19-3-2-4-21-23(19)27-12-11-26-21;/h2-10,13,20H,11-12,14H2,1H3;1H/q+1;/p-1. The third-order valence-electron chi connectivity index (χ3n) is 5.33. The molecule has 0 spiro atoms. The Kier molecular flexibility index (Phi) is 4.94. The second-order valence-electron chi connectivity index (χ2n) is 7.11. The van der Waals surface area contributed by atoms with Crippen LogP contribution in [0.25, 0.3) is 11.1 Å². The highest BCUT2D eigenvalue weighted by atomic mass is 79.9. The van der Waals surface area contributed by atoms with Gasteiger partial charge in [0, 0.05) is 29.7 Å². The van der Waals surface area contributed by atoms with Crippen molar-refractivity contribution in [3.63, 3.8) is 0 Å². The number of carbonyl (C=O) groups excluding carboxylic acids is 1. The lowest BCUT2D eigenvalue weighted by molar-refractivity contribution is -0.706. The number of hydrogen-bond acceptors (Lipinski definition) is 3. The number of nitrogens with zero attached hydrogens (tertiary/aromatic N) is 1. The van der Waals surface area contributed by atoms with Crippen molar-refractivity contribution in [3.05, 3.63) is 77.6 Å². The minimum atomic E-state index is -0.167. The number of halogens is 1. The van der Waals surface area contributed by atoms with Gasteiger partial charge in [0.25, 0.3) is 0 Å². The molecule has 1 aromatic heterocycles. The first kappa shape index (κ1) is 18.7. The summed E-state index contributed by atoms with van der Waals surface area (Å²) in [4.78, 5) is 12.8. The third-order valence-corrected chi connectivity index (χ3v) is 5.33. The number of pyridine rings is 1. The number of benzene rings is 2. The van der Waals surface area contributed by atoms with Crippen molar-refractivity contribution in [1.82, 2.24) is 0 Å². The molecule has 1 aliphatic heterocycles. The summed E-state index contributed by atoms with van der Waals surface area (Å²) in [6.07, 6.45) is 4.72. The normalized spacial score (nSPS) is 17.0. The van der Waals surface area contributed by atoms with E-state index in [1.807, 2.05) is 59.4 Å². The molecule has 28 heavy (non-hydrogen) atoms. The minimum Gasteiger partial charge on any atom is -1.00 e. The fraction of sp³-hybridized carbons (Fsp3) is 0.217. The quantitative estimate of drug-likeness (QED) is 0.554. The maximum absolute atomic E-state index is 12.8. The molecule has 0 amide bonds. The Balaban J connectivity index is 0.00000192. The fourth-order valence-corrected chi connectivity index (χ4v) is 3.98. The van der Waals surface area contributed by atoms with E-state index in [0.29, 0.717) is 13.2 Å². The van der Waals surface area contributed by atoms with E-state index in [1.165, 1.54) is 5.56 Å². The Morgan fingerprint density at radius 2 is 1.75 bits per heavy atom. The maximum atomic E-state index is 12.8. The van der Waals surface area contributed by atoms with Crippen LogP contribution in [0.4, 0.5) is 0 Å². The molecule has 0 saturated carbocycles. The molecular weight excluding hydrogens is 418 g/mol. The summed E-state index contributed by atoms with van der Waals surface area (Å²) in [7, 11) is 0. The van der Waals surface area contributed by atoms with Gasteiger partial charge < -0.3 is 26.5 Å². The van der Waals surface area contributed by atoms with Gasteiger partial charge in [0.1, 0.15) is 13.2 Å². The minimum absolute atomic E-state index is 0. The Bertz CT molecular complexity index is 1050. The number of rotatable bonds is 2. The van der Waals surface area contributed by atoms with Crippen LogP contribution in [0.3, 0.4) is 0 Å². The number of fused-ring (bicyclic) bond motifs is 2. The van der Waals surface area contributed by atoms with E-state index in [1.54, 1.807) is 0 Å². The SMILES string of the molecule is Cc1ccc2c(c1)CC([n+]1ccc(-c3cccc4c3OCCO4)cc1)C2=O.[Br-]. The number of aryl methyl sites for hydroxylation is 1. The van der Waals surface area contributed by atoms with E-state index in [2.05, 4.69) is 13.0 Å². The fourth-order valence-electron chi connectivity index (χ4n) is 3.98. The van der Waals surface area contributed by atoms with Gasteiger partial charge in [-0.2, -0.15) is 4.57 Å². The van der Waals surface area contributed by atoms with Crippen LogP contribution >= 0.6 is 0 Å². The lowest BCUT2D eigenvalue weighted by Gasteiger charge is -2.20. The summed E-state index contributed by atoms with van der Waals surface area (Å²) in [5.41, 5.74) is 5.25.